The Morgan fingerprint density at radius 1 is 1.25 bits per heavy atom. The first kappa shape index (κ1) is 15.4. The van der Waals surface area contributed by atoms with Crippen molar-refractivity contribution < 1.29 is 9.90 Å². The van der Waals surface area contributed by atoms with E-state index < -0.39 is 6.10 Å². The van der Waals surface area contributed by atoms with E-state index in [2.05, 4.69) is 26.1 Å². The van der Waals surface area contributed by atoms with Crippen molar-refractivity contribution in [1.29, 1.82) is 0 Å². The van der Waals surface area contributed by atoms with Gasteiger partial charge in [-0.3, -0.25) is 4.79 Å². The van der Waals surface area contributed by atoms with Crippen molar-refractivity contribution in [1.82, 2.24) is 0 Å². The van der Waals surface area contributed by atoms with E-state index >= 15 is 0 Å². The standard InChI is InChI=1S/C16H23NO2S/c1-16(2,3)20-12-9-7-11(8-10-12)17-15(19)13-5-4-6-14(13)18/h7-10,13-14,18H,4-6H2,1-3H3,(H,17,19). The van der Waals surface area contributed by atoms with Gasteiger partial charge < -0.3 is 10.4 Å². The molecule has 0 spiro atoms. The number of rotatable bonds is 3. The second-order valence-corrected chi connectivity index (χ2v) is 8.23. The molecule has 0 bridgehead atoms. The Hall–Kier alpha value is -1.00. The minimum absolute atomic E-state index is 0.0637. The van der Waals surface area contributed by atoms with Crippen LogP contribution in [0, 0.1) is 5.92 Å². The first-order valence-corrected chi connectivity index (χ1v) is 7.95. The molecule has 1 fully saturated rings. The number of nitrogens with one attached hydrogen (secondary N) is 1. The molecule has 2 unspecified atom stereocenters. The van der Waals surface area contributed by atoms with Gasteiger partial charge in [0.25, 0.3) is 0 Å². The van der Waals surface area contributed by atoms with Crippen molar-refractivity contribution in [2.24, 2.45) is 5.92 Å². The van der Waals surface area contributed by atoms with Crippen molar-refractivity contribution in [2.75, 3.05) is 5.32 Å². The molecular formula is C16H23NO2S. The van der Waals surface area contributed by atoms with Gasteiger partial charge in [-0.2, -0.15) is 0 Å². The van der Waals surface area contributed by atoms with Gasteiger partial charge in [0.2, 0.25) is 5.91 Å². The fourth-order valence-electron chi connectivity index (χ4n) is 2.44. The molecule has 1 amide bonds. The van der Waals surface area contributed by atoms with Crippen LogP contribution in [0.25, 0.3) is 0 Å². The summed E-state index contributed by atoms with van der Waals surface area (Å²) in [7, 11) is 0. The van der Waals surface area contributed by atoms with E-state index in [1.54, 1.807) is 11.8 Å². The highest BCUT2D eigenvalue weighted by molar-refractivity contribution is 8.00. The lowest BCUT2D eigenvalue weighted by atomic mass is 10.1. The fourth-order valence-corrected chi connectivity index (χ4v) is 3.42. The third-order valence-electron chi connectivity index (χ3n) is 3.36. The predicted octanol–water partition coefficient (Wildman–Crippen LogP) is 3.68. The van der Waals surface area contributed by atoms with Gasteiger partial charge in [-0.05, 0) is 43.5 Å². The Labute approximate surface area is 125 Å². The van der Waals surface area contributed by atoms with E-state index in [0.717, 1.165) is 24.9 Å². The molecule has 3 nitrogen and oxygen atoms in total. The Balaban J connectivity index is 1.95. The number of hydrogen-bond acceptors (Lipinski definition) is 3. The third kappa shape index (κ3) is 4.25. The van der Waals surface area contributed by atoms with Gasteiger partial charge in [0.1, 0.15) is 0 Å². The molecule has 0 aliphatic heterocycles. The Morgan fingerprint density at radius 2 is 1.90 bits per heavy atom. The van der Waals surface area contributed by atoms with Gasteiger partial charge in [-0.25, -0.2) is 0 Å². The fraction of sp³-hybridized carbons (Fsp3) is 0.562. The molecule has 4 heteroatoms. The maximum Gasteiger partial charge on any atom is 0.230 e. The molecule has 0 aromatic heterocycles. The Bertz CT molecular complexity index is 464. The van der Waals surface area contributed by atoms with E-state index in [-0.39, 0.29) is 16.6 Å². The summed E-state index contributed by atoms with van der Waals surface area (Å²) in [4.78, 5) is 13.3. The van der Waals surface area contributed by atoms with Crippen LogP contribution in [0.2, 0.25) is 0 Å². The SMILES string of the molecule is CC(C)(C)Sc1ccc(NC(=O)C2CCCC2O)cc1. The summed E-state index contributed by atoms with van der Waals surface area (Å²) >= 11 is 1.80. The number of aliphatic hydroxyl groups excluding tert-OH is 1. The summed E-state index contributed by atoms with van der Waals surface area (Å²) in [6.45, 7) is 6.53. The molecule has 20 heavy (non-hydrogen) atoms. The van der Waals surface area contributed by atoms with Crippen LogP contribution in [-0.4, -0.2) is 21.9 Å². The normalized spacial score (nSPS) is 22.8. The predicted molar refractivity (Wildman–Crippen MR) is 84.0 cm³/mol. The first-order valence-electron chi connectivity index (χ1n) is 7.13. The van der Waals surface area contributed by atoms with Crippen molar-refractivity contribution in [3.05, 3.63) is 24.3 Å². The van der Waals surface area contributed by atoms with E-state index in [0.29, 0.717) is 0 Å². The summed E-state index contributed by atoms with van der Waals surface area (Å²) in [5.74, 6) is -0.315. The van der Waals surface area contributed by atoms with E-state index in [4.69, 9.17) is 0 Å². The van der Waals surface area contributed by atoms with Gasteiger partial charge >= 0.3 is 0 Å². The number of carbonyl (C=O) groups is 1. The molecule has 0 saturated heterocycles. The van der Waals surface area contributed by atoms with Crippen LogP contribution in [-0.2, 0) is 4.79 Å². The molecule has 1 aromatic rings. The molecule has 2 N–H and O–H groups in total. The van der Waals surface area contributed by atoms with Gasteiger partial charge in [-0.1, -0.05) is 20.8 Å². The van der Waals surface area contributed by atoms with E-state index in [1.807, 2.05) is 24.3 Å². The number of anilines is 1. The summed E-state index contributed by atoms with van der Waals surface area (Å²) in [6, 6.07) is 7.90. The van der Waals surface area contributed by atoms with Crippen LogP contribution in [0.5, 0.6) is 0 Å². The second-order valence-electron chi connectivity index (χ2n) is 6.33. The molecule has 0 radical (unpaired) electrons. The molecular weight excluding hydrogens is 270 g/mol. The number of carbonyl (C=O) groups excluding carboxylic acids is 1. The van der Waals surface area contributed by atoms with Gasteiger partial charge in [0, 0.05) is 15.3 Å². The number of benzene rings is 1. The van der Waals surface area contributed by atoms with Crippen LogP contribution in [0.15, 0.2) is 29.2 Å². The van der Waals surface area contributed by atoms with Crippen molar-refractivity contribution in [2.45, 2.75) is 55.8 Å². The van der Waals surface area contributed by atoms with E-state index in [1.165, 1.54) is 4.90 Å². The summed E-state index contributed by atoms with van der Waals surface area (Å²) < 4.78 is 0.179. The van der Waals surface area contributed by atoms with Gasteiger partial charge in [0.15, 0.2) is 0 Å². The van der Waals surface area contributed by atoms with Crippen LogP contribution < -0.4 is 5.32 Å². The van der Waals surface area contributed by atoms with Crippen LogP contribution >= 0.6 is 11.8 Å². The van der Waals surface area contributed by atoms with Crippen molar-refractivity contribution in [3.63, 3.8) is 0 Å². The molecule has 1 saturated carbocycles. The minimum Gasteiger partial charge on any atom is -0.392 e. The van der Waals surface area contributed by atoms with Crippen LogP contribution in [0.4, 0.5) is 5.69 Å². The molecule has 1 aromatic carbocycles. The monoisotopic (exact) mass is 293 g/mol. The zero-order valence-electron chi connectivity index (χ0n) is 12.3. The van der Waals surface area contributed by atoms with Crippen LogP contribution in [0.3, 0.4) is 0 Å². The molecule has 1 aliphatic rings. The zero-order chi connectivity index (χ0) is 14.8. The lowest BCUT2D eigenvalue weighted by molar-refractivity contribution is -0.122. The molecule has 0 heterocycles. The van der Waals surface area contributed by atoms with Gasteiger partial charge in [0.05, 0.1) is 12.0 Å². The van der Waals surface area contributed by atoms with Crippen LogP contribution in [0.1, 0.15) is 40.0 Å². The highest BCUT2D eigenvalue weighted by Gasteiger charge is 2.31. The third-order valence-corrected chi connectivity index (χ3v) is 4.48. The number of aliphatic hydroxyl groups is 1. The highest BCUT2D eigenvalue weighted by Crippen LogP contribution is 2.32. The lowest BCUT2D eigenvalue weighted by Gasteiger charge is -2.18. The number of thioether (sulfide) groups is 1. The zero-order valence-corrected chi connectivity index (χ0v) is 13.2. The largest absolute Gasteiger partial charge is 0.392 e. The summed E-state index contributed by atoms with van der Waals surface area (Å²) in [5.41, 5.74) is 0.798. The molecule has 2 rings (SSSR count). The average Bonchev–Trinajstić information content (AvgIpc) is 2.76. The summed E-state index contributed by atoms with van der Waals surface area (Å²) in [6.07, 6.45) is 1.97. The molecule has 2 atom stereocenters. The first-order chi connectivity index (χ1) is 9.35. The smallest absolute Gasteiger partial charge is 0.230 e. The van der Waals surface area contributed by atoms with E-state index in [9.17, 15) is 9.90 Å². The molecule has 1 aliphatic carbocycles. The summed E-state index contributed by atoms with van der Waals surface area (Å²) in [5, 5.41) is 12.6. The maximum absolute atomic E-state index is 12.1. The molecule has 110 valence electrons. The average molecular weight is 293 g/mol. The second kappa shape index (κ2) is 6.19. The maximum atomic E-state index is 12.1. The quantitative estimate of drug-likeness (QED) is 0.836. The number of hydrogen-bond donors (Lipinski definition) is 2. The number of amides is 1. The Morgan fingerprint density at radius 3 is 2.40 bits per heavy atom. The Kier molecular flexibility index (Phi) is 4.76. The van der Waals surface area contributed by atoms with Crippen molar-refractivity contribution in [3.8, 4) is 0 Å². The van der Waals surface area contributed by atoms with Gasteiger partial charge in [-0.15, -0.1) is 11.8 Å². The highest BCUT2D eigenvalue weighted by atomic mass is 32.2. The topological polar surface area (TPSA) is 49.3 Å². The minimum atomic E-state index is -0.481. The lowest BCUT2D eigenvalue weighted by Crippen LogP contribution is -2.28. The van der Waals surface area contributed by atoms with Crippen molar-refractivity contribution >= 4 is 23.4 Å².